The maximum atomic E-state index is 11.7. The van der Waals surface area contributed by atoms with Crippen LogP contribution in [0.15, 0.2) is 18.2 Å². The molecule has 0 atom stereocenters. The highest BCUT2D eigenvalue weighted by Crippen LogP contribution is 2.13. The Kier molecular flexibility index (Phi) is 4.05. The molecule has 1 N–H and O–H groups in total. The van der Waals surface area contributed by atoms with E-state index in [0.29, 0.717) is 5.69 Å². The van der Waals surface area contributed by atoms with Gasteiger partial charge in [-0.2, -0.15) is 18.7 Å². The lowest BCUT2D eigenvalue weighted by atomic mass is 10.3. The zero-order chi connectivity index (χ0) is 11.3. The van der Waals surface area contributed by atoms with Crippen molar-refractivity contribution in [1.29, 1.82) is 0 Å². The highest BCUT2D eigenvalue weighted by atomic mass is 19.4. The van der Waals surface area contributed by atoms with Gasteiger partial charge < -0.3 is 0 Å². The van der Waals surface area contributed by atoms with E-state index in [1.165, 1.54) is 0 Å². The molecule has 0 aliphatic rings. The molecule has 0 fully saturated rings. The fourth-order valence-corrected chi connectivity index (χ4v) is 0.956. The van der Waals surface area contributed by atoms with Gasteiger partial charge in [0.25, 0.3) is 0 Å². The fraction of sp³-hybridized carbons (Fsp3) is 0.444. The SMILES string of the molecule is Cc1cccc(CNOCC(F)(F)F)n1. The van der Waals surface area contributed by atoms with Gasteiger partial charge in [-0.1, -0.05) is 6.07 Å². The van der Waals surface area contributed by atoms with Gasteiger partial charge in [0.05, 0.1) is 12.2 Å². The number of nitrogens with one attached hydrogen (secondary N) is 1. The molecule has 1 heterocycles. The van der Waals surface area contributed by atoms with E-state index < -0.39 is 12.8 Å². The molecule has 6 heteroatoms. The summed E-state index contributed by atoms with van der Waals surface area (Å²) in [6.07, 6.45) is -4.31. The number of alkyl halides is 3. The van der Waals surface area contributed by atoms with Crippen LogP contribution in [0.3, 0.4) is 0 Å². The summed E-state index contributed by atoms with van der Waals surface area (Å²) in [6.45, 7) is 0.649. The lowest BCUT2D eigenvalue weighted by Gasteiger charge is -2.08. The molecular formula is C9H11F3N2O. The second kappa shape index (κ2) is 5.09. The standard InChI is InChI=1S/C9H11F3N2O/c1-7-3-2-4-8(14-7)5-13-15-6-9(10,11)12/h2-4,13H,5-6H2,1H3. The first kappa shape index (κ1) is 11.9. The Morgan fingerprint density at radius 2 is 2.13 bits per heavy atom. The summed E-state index contributed by atoms with van der Waals surface area (Å²) in [5.74, 6) is 0. The van der Waals surface area contributed by atoms with Crippen molar-refractivity contribution in [2.75, 3.05) is 6.61 Å². The topological polar surface area (TPSA) is 34.1 Å². The van der Waals surface area contributed by atoms with Gasteiger partial charge in [-0.05, 0) is 19.1 Å². The zero-order valence-corrected chi connectivity index (χ0v) is 8.14. The van der Waals surface area contributed by atoms with Gasteiger partial charge in [-0.25, -0.2) is 0 Å². The van der Waals surface area contributed by atoms with Crippen molar-refractivity contribution in [3.8, 4) is 0 Å². The van der Waals surface area contributed by atoms with E-state index in [2.05, 4.69) is 15.3 Å². The van der Waals surface area contributed by atoms with Crippen molar-refractivity contribution >= 4 is 0 Å². The van der Waals surface area contributed by atoms with Crippen LogP contribution in [-0.4, -0.2) is 17.8 Å². The summed E-state index contributed by atoms with van der Waals surface area (Å²) in [6, 6.07) is 5.29. The Morgan fingerprint density at radius 3 is 2.73 bits per heavy atom. The first-order valence-electron chi connectivity index (χ1n) is 4.31. The molecule has 0 saturated heterocycles. The average molecular weight is 220 g/mol. The van der Waals surface area contributed by atoms with Crippen molar-refractivity contribution in [3.63, 3.8) is 0 Å². The number of halogens is 3. The van der Waals surface area contributed by atoms with E-state index in [1.54, 1.807) is 25.1 Å². The zero-order valence-electron chi connectivity index (χ0n) is 8.14. The van der Waals surface area contributed by atoms with Crippen molar-refractivity contribution in [2.45, 2.75) is 19.6 Å². The second-order valence-corrected chi connectivity index (χ2v) is 3.00. The van der Waals surface area contributed by atoms with Gasteiger partial charge in [0.1, 0.15) is 0 Å². The summed E-state index contributed by atoms with van der Waals surface area (Å²) in [5.41, 5.74) is 3.65. The Hall–Kier alpha value is -1.14. The third-order valence-electron chi connectivity index (χ3n) is 1.54. The monoisotopic (exact) mass is 220 g/mol. The molecule has 0 aromatic carbocycles. The number of aryl methyl sites for hydroxylation is 1. The molecule has 0 unspecified atom stereocenters. The first-order valence-corrected chi connectivity index (χ1v) is 4.31. The van der Waals surface area contributed by atoms with Gasteiger partial charge in [-0.15, -0.1) is 0 Å². The summed E-state index contributed by atoms with van der Waals surface area (Å²) >= 11 is 0. The number of aromatic nitrogens is 1. The minimum atomic E-state index is -4.31. The second-order valence-electron chi connectivity index (χ2n) is 3.00. The molecule has 0 bridgehead atoms. The van der Waals surface area contributed by atoms with Gasteiger partial charge in [-0.3, -0.25) is 9.82 Å². The number of hydroxylamine groups is 1. The van der Waals surface area contributed by atoms with Gasteiger partial charge in [0.2, 0.25) is 0 Å². The molecule has 1 rings (SSSR count). The van der Waals surface area contributed by atoms with Crippen molar-refractivity contribution < 1.29 is 18.0 Å². The van der Waals surface area contributed by atoms with E-state index in [1.807, 2.05) is 0 Å². The van der Waals surface area contributed by atoms with Crippen LogP contribution in [0.25, 0.3) is 0 Å². The maximum absolute atomic E-state index is 11.7. The van der Waals surface area contributed by atoms with Gasteiger partial charge in [0, 0.05) is 5.69 Å². The molecular weight excluding hydrogens is 209 g/mol. The summed E-state index contributed by atoms with van der Waals surface area (Å²) < 4.78 is 35.0. The quantitative estimate of drug-likeness (QED) is 0.622. The average Bonchev–Trinajstić information content (AvgIpc) is 2.11. The van der Waals surface area contributed by atoms with Crippen LogP contribution in [0.2, 0.25) is 0 Å². The number of hydrogen-bond acceptors (Lipinski definition) is 3. The summed E-state index contributed by atoms with van der Waals surface area (Å²) in [7, 11) is 0. The number of rotatable bonds is 4. The predicted octanol–water partition coefficient (Wildman–Crippen LogP) is 1.97. The van der Waals surface area contributed by atoms with E-state index in [9.17, 15) is 13.2 Å². The molecule has 0 saturated carbocycles. The highest BCUT2D eigenvalue weighted by Gasteiger charge is 2.27. The smallest absolute Gasteiger partial charge is 0.292 e. The van der Waals surface area contributed by atoms with Crippen LogP contribution in [0.4, 0.5) is 13.2 Å². The molecule has 0 radical (unpaired) electrons. The van der Waals surface area contributed by atoms with Crippen molar-refractivity contribution in [2.24, 2.45) is 0 Å². The summed E-state index contributed by atoms with van der Waals surface area (Å²) in [5, 5.41) is 0. The molecule has 1 aromatic rings. The van der Waals surface area contributed by atoms with Gasteiger partial charge in [0.15, 0.2) is 6.61 Å². The number of pyridine rings is 1. The van der Waals surface area contributed by atoms with E-state index in [0.717, 1.165) is 5.69 Å². The van der Waals surface area contributed by atoms with Crippen LogP contribution >= 0.6 is 0 Å². The largest absolute Gasteiger partial charge is 0.413 e. The van der Waals surface area contributed by atoms with Crippen LogP contribution in [-0.2, 0) is 11.4 Å². The third-order valence-corrected chi connectivity index (χ3v) is 1.54. The highest BCUT2D eigenvalue weighted by molar-refractivity contribution is 5.09. The van der Waals surface area contributed by atoms with E-state index >= 15 is 0 Å². The minimum Gasteiger partial charge on any atom is -0.292 e. The van der Waals surface area contributed by atoms with Crippen LogP contribution in [0.5, 0.6) is 0 Å². The molecule has 0 amide bonds. The van der Waals surface area contributed by atoms with Crippen molar-refractivity contribution in [1.82, 2.24) is 10.5 Å². The first-order chi connectivity index (χ1) is 6.97. The maximum Gasteiger partial charge on any atom is 0.413 e. The number of hydrogen-bond donors (Lipinski definition) is 1. The van der Waals surface area contributed by atoms with Crippen LogP contribution < -0.4 is 5.48 Å². The third kappa shape index (κ3) is 5.34. The molecule has 15 heavy (non-hydrogen) atoms. The molecule has 84 valence electrons. The normalized spacial score (nSPS) is 11.7. The molecule has 1 aromatic heterocycles. The molecule has 3 nitrogen and oxygen atoms in total. The molecule has 0 spiro atoms. The number of nitrogens with zero attached hydrogens (tertiary/aromatic N) is 1. The Morgan fingerprint density at radius 1 is 1.40 bits per heavy atom. The Bertz CT molecular complexity index is 314. The molecule has 0 aliphatic heterocycles. The van der Waals surface area contributed by atoms with E-state index in [-0.39, 0.29) is 6.54 Å². The lowest BCUT2D eigenvalue weighted by molar-refractivity contribution is -0.190. The van der Waals surface area contributed by atoms with Gasteiger partial charge >= 0.3 is 6.18 Å². The van der Waals surface area contributed by atoms with Crippen molar-refractivity contribution in [3.05, 3.63) is 29.6 Å². The summed E-state index contributed by atoms with van der Waals surface area (Å²) in [4.78, 5) is 8.31. The van der Waals surface area contributed by atoms with E-state index in [4.69, 9.17) is 0 Å². The fourth-order valence-electron chi connectivity index (χ4n) is 0.956. The lowest BCUT2D eigenvalue weighted by Crippen LogP contribution is -2.24. The van der Waals surface area contributed by atoms with Crippen LogP contribution in [0.1, 0.15) is 11.4 Å². The Labute approximate surface area is 85.2 Å². The Balaban J connectivity index is 2.26. The van der Waals surface area contributed by atoms with Crippen LogP contribution in [0, 0.1) is 6.92 Å². The molecule has 0 aliphatic carbocycles. The minimum absolute atomic E-state index is 0.151. The predicted molar refractivity (Wildman–Crippen MR) is 47.8 cm³/mol.